The Hall–Kier alpha value is -3.02. The number of hydrogen-bond acceptors (Lipinski definition) is 5. The molecule has 0 amide bonds. The lowest BCUT2D eigenvalue weighted by Gasteiger charge is -2.21. The topological polar surface area (TPSA) is 82.1 Å². The molecule has 144 valence electrons. The Kier molecular flexibility index (Phi) is 6.10. The molecule has 6 nitrogen and oxygen atoms in total. The van der Waals surface area contributed by atoms with Gasteiger partial charge < -0.3 is 19.3 Å². The standard InChI is InChI=1S/C21H24O6/c1-11-12(2)20(26-6)16(13(3)19(11)25-5)9-15-7-8-18(27-14(4)22)17(10-15)21(23)24/h7-8,10H,9H2,1-6H3,(H,23,24). The maximum Gasteiger partial charge on any atom is 0.339 e. The van der Waals surface area contributed by atoms with Gasteiger partial charge in [0, 0.05) is 18.9 Å². The Labute approximate surface area is 158 Å². The summed E-state index contributed by atoms with van der Waals surface area (Å²) in [5.74, 6) is -0.152. The van der Waals surface area contributed by atoms with E-state index >= 15 is 0 Å². The normalized spacial score (nSPS) is 10.4. The lowest BCUT2D eigenvalue weighted by molar-refractivity contribution is -0.131. The zero-order chi connectivity index (χ0) is 20.3. The Bertz CT molecular complexity index is 898. The number of methoxy groups -OCH3 is 2. The van der Waals surface area contributed by atoms with E-state index in [4.69, 9.17) is 14.2 Å². The van der Waals surface area contributed by atoms with Gasteiger partial charge in [0.05, 0.1) is 14.2 Å². The highest BCUT2D eigenvalue weighted by molar-refractivity contribution is 5.92. The van der Waals surface area contributed by atoms with Crippen LogP contribution in [0.2, 0.25) is 0 Å². The fourth-order valence-corrected chi connectivity index (χ4v) is 3.25. The predicted octanol–water partition coefficient (Wildman–Crippen LogP) is 3.84. The van der Waals surface area contributed by atoms with E-state index in [2.05, 4.69) is 0 Å². The molecule has 0 heterocycles. The third kappa shape index (κ3) is 4.05. The van der Waals surface area contributed by atoms with E-state index < -0.39 is 11.9 Å². The van der Waals surface area contributed by atoms with Gasteiger partial charge in [-0.25, -0.2) is 4.79 Å². The van der Waals surface area contributed by atoms with Crippen LogP contribution in [-0.2, 0) is 11.2 Å². The first kappa shape index (κ1) is 20.3. The summed E-state index contributed by atoms with van der Waals surface area (Å²) < 4.78 is 16.2. The molecule has 0 bridgehead atoms. The van der Waals surface area contributed by atoms with Crippen LogP contribution in [0, 0.1) is 20.8 Å². The van der Waals surface area contributed by atoms with E-state index in [1.807, 2.05) is 20.8 Å². The molecule has 6 heteroatoms. The molecule has 0 aromatic heterocycles. The predicted molar refractivity (Wildman–Crippen MR) is 101 cm³/mol. The SMILES string of the molecule is COc1c(C)c(C)c(OC)c(Cc2ccc(OC(C)=O)c(C(=O)O)c2)c1C. The average Bonchev–Trinajstić information content (AvgIpc) is 2.61. The minimum absolute atomic E-state index is 0.0279. The second kappa shape index (κ2) is 8.12. The van der Waals surface area contributed by atoms with Gasteiger partial charge in [-0.05, 0) is 55.2 Å². The molecule has 0 unspecified atom stereocenters. The van der Waals surface area contributed by atoms with Crippen molar-refractivity contribution in [2.45, 2.75) is 34.1 Å². The minimum Gasteiger partial charge on any atom is -0.496 e. The first-order valence-electron chi connectivity index (χ1n) is 8.46. The molecule has 1 N–H and O–H groups in total. The number of hydrogen-bond donors (Lipinski definition) is 1. The maximum absolute atomic E-state index is 11.6. The van der Waals surface area contributed by atoms with Crippen molar-refractivity contribution >= 4 is 11.9 Å². The van der Waals surface area contributed by atoms with Crippen LogP contribution in [0.4, 0.5) is 0 Å². The molecule has 0 saturated carbocycles. The zero-order valence-corrected chi connectivity index (χ0v) is 16.4. The van der Waals surface area contributed by atoms with Gasteiger partial charge in [0.25, 0.3) is 0 Å². The van der Waals surface area contributed by atoms with Crippen molar-refractivity contribution in [2.24, 2.45) is 0 Å². The van der Waals surface area contributed by atoms with Crippen LogP contribution in [0.25, 0.3) is 0 Å². The first-order valence-corrected chi connectivity index (χ1v) is 8.46. The lowest BCUT2D eigenvalue weighted by atomic mass is 9.92. The molecule has 0 atom stereocenters. The summed E-state index contributed by atoms with van der Waals surface area (Å²) in [5.41, 5.74) is 4.55. The van der Waals surface area contributed by atoms with Crippen LogP contribution in [-0.4, -0.2) is 31.3 Å². The van der Waals surface area contributed by atoms with Crippen LogP contribution in [0.1, 0.15) is 45.1 Å². The lowest BCUT2D eigenvalue weighted by Crippen LogP contribution is -2.09. The number of esters is 1. The molecule has 0 aliphatic heterocycles. The summed E-state index contributed by atoms with van der Waals surface area (Å²) in [5, 5.41) is 9.45. The van der Waals surface area contributed by atoms with Gasteiger partial charge in [-0.3, -0.25) is 4.79 Å². The highest BCUT2D eigenvalue weighted by atomic mass is 16.5. The van der Waals surface area contributed by atoms with Crippen LogP contribution < -0.4 is 14.2 Å². The number of benzene rings is 2. The maximum atomic E-state index is 11.6. The largest absolute Gasteiger partial charge is 0.496 e. The van der Waals surface area contributed by atoms with Crippen molar-refractivity contribution < 1.29 is 28.9 Å². The molecular weight excluding hydrogens is 348 g/mol. The Morgan fingerprint density at radius 3 is 2.07 bits per heavy atom. The van der Waals surface area contributed by atoms with E-state index in [1.54, 1.807) is 20.3 Å². The minimum atomic E-state index is -1.16. The van der Waals surface area contributed by atoms with Crippen molar-refractivity contribution in [3.05, 3.63) is 51.6 Å². The van der Waals surface area contributed by atoms with Gasteiger partial charge >= 0.3 is 11.9 Å². The Morgan fingerprint density at radius 2 is 1.56 bits per heavy atom. The second-order valence-electron chi connectivity index (χ2n) is 6.33. The Morgan fingerprint density at radius 1 is 0.963 bits per heavy atom. The Balaban J connectivity index is 2.57. The van der Waals surface area contributed by atoms with E-state index in [0.717, 1.165) is 39.3 Å². The third-order valence-electron chi connectivity index (χ3n) is 4.63. The molecular formula is C21H24O6. The second-order valence-corrected chi connectivity index (χ2v) is 6.33. The van der Waals surface area contributed by atoms with Gasteiger partial charge in [-0.1, -0.05) is 6.07 Å². The van der Waals surface area contributed by atoms with Gasteiger partial charge in [0.2, 0.25) is 0 Å². The first-order chi connectivity index (χ1) is 12.7. The van der Waals surface area contributed by atoms with Crippen molar-refractivity contribution in [1.82, 2.24) is 0 Å². The number of carboxylic acids is 1. The van der Waals surface area contributed by atoms with Gasteiger partial charge in [-0.2, -0.15) is 0 Å². The van der Waals surface area contributed by atoms with Gasteiger partial charge in [0.15, 0.2) is 0 Å². The molecule has 0 radical (unpaired) electrons. The average molecular weight is 372 g/mol. The molecule has 0 saturated heterocycles. The molecule has 0 aliphatic rings. The van der Waals surface area contributed by atoms with Crippen LogP contribution in [0.15, 0.2) is 18.2 Å². The third-order valence-corrected chi connectivity index (χ3v) is 4.63. The highest BCUT2D eigenvalue weighted by Gasteiger charge is 2.20. The van der Waals surface area contributed by atoms with Crippen molar-refractivity contribution in [2.75, 3.05) is 14.2 Å². The summed E-state index contributed by atoms with van der Waals surface area (Å²) in [4.78, 5) is 22.7. The molecule has 27 heavy (non-hydrogen) atoms. The summed E-state index contributed by atoms with van der Waals surface area (Å²) in [6, 6.07) is 4.76. The van der Waals surface area contributed by atoms with E-state index in [0.29, 0.717) is 6.42 Å². The number of aromatic carboxylic acids is 1. The molecule has 2 aromatic carbocycles. The van der Waals surface area contributed by atoms with E-state index in [-0.39, 0.29) is 11.3 Å². The van der Waals surface area contributed by atoms with E-state index in [9.17, 15) is 14.7 Å². The number of ether oxygens (including phenoxy) is 3. The fraction of sp³-hybridized carbons (Fsp3) is 0.333. The molecule has 2 rings (SSSR count). The number of rotatable bonds is 6. The molecule has 0 aliphatic carbocycles. The quantitative estimate of drug-likeness (QED) is 0.613. The summed E-state index contributed by atoms with van der Waals surface area (Å²) in [6.45, 7) is 7.12. The summed E-state index contributed by atoms with van der Waals surface area (Å²) in [6.07, 6.45) is 0.452. The zero-order valence-electron chi connectivity index (χ0n) is 16.4. The van der Waals surface area contributed by atoms with Crippen molar-refractivity contribution in [3.63, 3.8) is 0 Å². The number of carboxylic acid groups (broad SMARTS) is 1. The van der Waals surface area contributed by atoms with Crippen LogP contribution >= 0.6 is 0 Å². The number of carbonyl (C=O) groups excluding carboxylic acids is 1. The summed E-state index contributed by atoms with van der Waals surface area (Å²) in [7, 11) is 3.24. The fourth-order valence-electron chi connectivity index (χ4n) is 3.25. The van der Waals surface area contributed by atoms with Gasteiger partial charge in [0.1, 0.15) is 22.8 Å². The van der Waals surface area contributed by atoms with Crippen LogP contribution in [0.5, 0.6) is 17.2 Å². The highest BCUT2D eigenvalue weighted by Crippen LogP contribution is 2.39. The molecule has 0 fully saturated rings. The van der Waals surface area contributed by atoms with Crippen molar-refractivity contribution in [1.29, 1.82) is 0 Å². The monoisotopic (exact) mass is 372 g/mol. The number of carbonyl (C=O) groups is 2. The smallest absolute Gasteiger partial charge is 0.339 e. The molecule has 0 spiro atoms. The van der Waals surface area contributed by atoms with E-state index in [1.165, 1.54) is 19.1 Å². The van der Waals surface area contributed by atoms with Gasteiger partial charge in [-0.15, -0.1) is 0 Å². The molecule has 2 aromatic rings. The van der Waals surface area contributed by atoms with Crippen molar-refractivity contribution in [3.8, 4) is 17.2 Å². The van der Waals surface area contributed by atoms with Crippen LogP contribution in [0.3, 0.4) is 0 Å². The summed E-state index contributed by atoms with van der Waals surface area (Å²) >= 11 is 0.